The number of aromatic nitrogens is 1. The van der Waals surface area contributed by atoms with Crippen LogP contribution in [0.15, 0.2) is 48.7 Å². The van der Waals surface area contributed by atoms with Crippen molar-refractivity contribution in [2.75, 3.05) is 0 Å². The molecule has 0 radical (unpaired) electrons. The molecule has 2 aliphatic rings. The van der Waals surface area contributed by atoms with Gasteiger partial charge in [0.25, 0.3) is 0 Å². The van der Waals surface area contributed by atoms with Crippen molar-refractivity contribution in [2.45, 2.75) is 38.4 Å². The van der Waals surface area contributed by atoms with E-state index in [4.69, 9.17) is 23.8 Å². The summed E-state index contributed by atoms with van der Waals surface area (Å²) in [5.41, 5.74) is 1.79. The number of thiocarbonyl (C=S) groups is 1. The van der Waals surface area contributed by atoms with Gasteiger partial charge in [0.05, 0.1) is 24.7 Å². The molecule has 156 valence electrons. The third kappa shape index (κ3) is 4.63. The number of pyridine rings is 1. The number of hydrogen-bond donors (Lipinski definition) is 2. The van der Waals surface area contributed by atoms with Gasteiger partial charge in [0, 0.05) is 23.2 Å². The number of nitrogens with zero attached hydrogens (tertiary/aromatic N) is 2. The molecule has 3 atom stereocenters. The quantitative estimate of drug-likeness (QED) is 0.696. The van der Waals surface area contributed by atoms with Crippen LogP contribution in [-0.2, 0) is 22.7 Å². The Balaban J connectivity index is 1.35. The highest BCUT2D eigenvalue weighted by Crippen LogP contribution is 2.33. The first kappa shape index (κ1) is 20.8. The molecule has 2 heterocycles. The highest BCUT2D eigenvalue weighted by Gasteiger charge is 2.44. The predicted octanol–water partition coefficient (Wildman–Crippen LogP) is 3.05. The summed E-state index contributed by atoms with van der Waals surface area (Å²) in [5.74, 6) is -0.265. The molecule has 1 aliphatic carbocycles. The fraction of sp³-hybridized carbons (Fsp3) is 0.364. The van der Waals surface area contributed by atoms with Gasteiger partial charge in [-0.25, -0.2) is 0 Å². The Kier molecular flexibility index (Phi) is 6.29. The average molecular weight is 443 g/mol. The number of rotatable bonds is 5. The van der Waals surface area contributed by atoms with Crippen LogP contribution < -0.4 is 10.6 Å². The van der Waals surface area contributed by atoms with Gasteiger partial charge in [-0.15, -0.1) is 0 Å². The number of carbonyl (C=O) groups excluding carboxylic acids is 2. The maximum absolute atomic E-state index is 13.1. The van der Waals surface area contributed by atoms with Crippen molar-refractivity contribution in [2.24, 2.45) is 11.8 Å². The Bertz CT molecular complexity index is 938. The zero-order valence-corrected chi connectivity index (χ0v) is 18.0. The SMILES string of the molecule is O=C(NCc1ccccn1)C1CCC2C(=O)N(Cc3ccc(Cl)cc3)C(=S)NC2C1. The minimum atomic E-state index is -0.163. The third-order valence-corrected chi connectivity index (χ3v) is 6.37. The van der Waals surface area contributed by atoms with Crippen LogP contribution in [-0.4, -0.2) is 32.9 Å². The monoisotopic (exact) mass is 442 g/mol. The number of nitrogens with one attached hydrogen (secondary N) is 2. The Hall–Kier alpha value is -2.51. The first-order chi connectivity index (χ1) is 14.5. The van der Waals surface area contributed by atoms with Crippen LogP contribution in [0.3, 0.4) is 0 Å². The van der Waals surface area contributed by atoms with E-state index in [1.54, 1.807) is 23.2 Å². The summed E-state index contributed by atoms with van der Waals surface area (Å²) in [6.07, 6.45) is 3.66. The lowest BCUT2D eigenvalue weighted by molar-refractivity contribution is -0.138. The van der Waals surface area contributed by atoms with Gasteiger partial charge in [-0.1, -0.05) is 29.8 Å². The molecule has 0 bridgehead atoms. The molecular weight excluding hydrogens is 420 g/mol. The number of fused-ring (bicyclic) bond motifs is 1. The van der Waals surface area contributed by atoms with E-state index in [2.05, 4.69) is 15.6 Å². The summed E-state index contributed by atoms with van der Waals surface area (Å²) < 4.78 is 0. The van der Waals surface area contributed by atoms with Crippen LogP contribution in [0.5, 0.6) is 0 Å². The van der Waals surface area contributed by atoms with Gasteiger partial charge in [-0.3, -0.25) is 19.5 Å². The lowest BCUT2D eigenvalue weighted by Crippen LogP contribution is -2.61. The summed E-state index contributed by atoms with van der Waals surface area (Å²) in [7, 11) is 0. The van der Waals surface area contributed by atoms with Gasteiger partial charge in [-0.2, -0.15) is 0 Å². The molecular formula is C22H23ClN4O2S. The molecule has 6 nitrogen and oxygen atoms in total. The third-order valence-electron chi connectivity index (χ3n) is 5.78. The van der Waals surface area contributed by atoms with E-state index < -0.39 is 0 Å². The molecule has 4 rings (SSSR count). The Labute approximate surface area is 186 Å². The van der Waals surface area contributed by atoms with E-state index in [1.165, 1.54) is 0 Å². The summed E-state index contributed by atoms with van der Waals surface area (Å²) in [4.78, 5) is 31.6. The Morgan fingerprint density at radius 2 is 2.03 bits per heavy atom. The molecule has 1 saturated carbocycles. The zero-order valence-electron chi connectivity index (χ0n) is 16.4. The van der Waals surface area contributed by atoms with Crippen molar-refractivity contribution in [3.05, 3.63) is 64.9 Å². The van der Waals surface area contributed by atoms with E-state index in [9.17, 15) is 9.59 Å². The zero-order chi connectivity index (χ0) is 21.1. The van der Waals surface area contributed by atoms with Gasteiger partial charge < -0.3 is 10.6 Å². The lowest BCUT2D eigenvalue weighted by Gasteiger charge is -2.43. The van der Waals surface area contributed by atoms with Crippen LogP contribution in [0.25, 0.3) is 0 Å². The van der Waals surface area contributed by atoms with Crippen LogP contribution in [0, 0.1) is 11.8 Å². The van der Waals surface area contributed by atoms with E-state index in [0.29, 0.717) is 42.5 Å². The smallest absolute Gasteiger partial charge is 0.234 e. The van der Waals surface area contributed by atoms with Gasteiger partial charge in [0.2, 0.25) is 11.8 Å². The normalized spacial score (nSPS) is 23.5. The fourth-order valence-corrected chi connectivity index (χ4v) is 4.58. The van der Waals surface area contributed by atoms with Crippen molar-refractivity contribution in [3.63, 3.8) is 0 Å². The molecule has 2 N–H and O–H groups in total. The lowest BCUT2D eigenvalue weighted by atomic mass is 9.76. The number of amides is 2. The van der Waals surface area contributed by atoms with E-state index in [-0.39, 0.29) is 29.7 Å². The second-order valence-electron chi connectivity index (χ2n) is 7.76. The summed E-state index contributed by atoms with van der Waals surface area (Å²) >= 11 is 11.4. The van der Waals surface area contributed by atoms with E-state index >= 15 is 0 Å². The van der Waals surface area contributed by atoms with Crippen molar-refractivity contribution in [1.29, 1.82) is 0 Å². The highest BCUT2D eigenvalue weighted by molar-refractivity contribution is 7.80. The van der Waals surface area contributed by atoms with Crippen LogP contribution in [0.1, 0.15) is 30.5 Å². The second-order valence-corrected chi connectivity index (χ2v) is 8.59. The van der Waals surface area contributed by atoms with Crippen LogP contribution in [0.4, 0.5) is 0 Å². The molecule has 0 spiro atoms. The molecule has 2 fully saturated rings. The molecule has 2 amide bonds. The Morgan fingerprint density at radius 3 is 2.77 bits per heavy atom. The maximum Gasteiger partial charge on any atom is 0.234 e. The number of carbonyl (C=O) groups is 2. The highest BCUT2D eigenvalue weighted by atomic mass is 35.5. The number of halogens is 1. The molecule has 1 aromatic heterocycles. The molecule has 8 heteroatoms. The van der Waals surface area contributed by atoms with Gasteiger partial charge in [0.1, 0.15) is 0 Å². The largest absolute Gasteiger partial charge is 0.359 e. The fourth-order valence-electron chi connectivity index (χ4n) is 4.15. The minimum Gasteiger partial charge on any atom is -0.359 e. The van der Waals surface area contributed by atoms with Crippen molar-refractivity contribution in [1.82, 2.24) is 20.5 Å². The molecule has 1 saturated heterocycles. The number of hydrogen-bond acceptors (Lipinski definition) is 4. The summed E-state index contributed by atoms with van der Waals surface area (Å²) in [6, 6.07) is 12.9. The van der Waals surface area contributed by atoms with Crippen molar-refractivity contribution < 1.29 is 9.59 Å². The molecule has 3 unspecified atom stereocenters. The van der Waals surface area contributed by atoms with Crippen LogP contribution >= 0.6 is 23.8 Å². The molecule has 1 aliphatic heterocycles. The van der Waals surface area contributed by atoms with Gasteiger partial charge in [-0.05, 0) is 61.3 Å². The first-order valence-corrected chi connectivity index (χ1v) is 10.8. The van der Waals surface area contributed by atoms with Gasteiger partial charge in [0.15, 0.2) is 5.11 Å². The summed E-state index contributed by atoms with van der Waals surface area (Å²) in [5, 5.41) is 7.35. The van der Waals surface area contributed by atoms with E-state index in [1.807, 2.05) is 30.3 Å². The molecule has 2 aromatic rings. The molecule has 1 aromatic carbocycles. The second kappa shape index (κ2) is 9.10. The Morgan fingerprint density at radius 1 is 1.23 bits per heavy atom. The van der Waals surface area contributed by atoms with Gasteiger partial charge >= 0.3 is 0 Å². The summed E-state index contributed by atoms with van der Waals surface area (Å²) in [6.45, 7) is 0.822. The molecule has 30 heavy (non-hydrogen) atoms. The first-order valence-electron chi connectivity index (χ1n) is 10.0. The predicted molar refractivity (Wildman–Crippen MR) is 118 cm³/mol. The van der Waals surface area contributed by atoms with Crippen molar-refractivity contribution in [3.8, 4) is 0 Å². The van der Waals surface area contributed by atoms with E-state index in [0.717, 1.165) is 11.3 Å². The van der Waals surface area contributed by atoms with Crippen molar-refractivity contribution >= 4 is 40.7 Å². The minimum absolute atomic E-state index is 0.00265. The van der Waals surface area contributed by atoms with Crippen LogP contribution in [0.2, 0.25) is 5.02 Å². The standard InChI is InChI=1S/C22H23ClN4O2S/c23-16-7-4-14(5-8-16)13-27-21(29)18-9-6-15(11-19(18)26-22(27)30)20(28)25-12-17-3-1-2-10-24-17/h1-5,7-8,10,15,18-19H,6,9,11-13H2,(H,25,28)(H,26,30). The maximum atomic E-state index is 13.1. The number of benzene rings is 1. The average Bonchev–Trinajstić information content (AvgIpc) is 2.76. The topological polar surface area (TPSA) is 74.3 Å².